The van der Waals surface area contributed by atoms with E-state index in [0.717, 1.165) is 12.2 Å². The fourth-order valence-corrected chi connectivity index (χ4v) is 1.72. The van der Waals surface area contributed by atoms with Gasteiger partial charge in [0.1, 0.15) is 17.2 Å². The molecule has 4 heteroatoms. The molecular weight excluding hydrogens is 268 g/mol. The third-order valence-electron chi connectivity index (χ3n) is 2.83. The predicted octanol–water partition coefficient (Wildman–Crippen LogP) is 3.70. The van der Waals surface area contributed by atoms with Crippen LogP contribution in [-0.4, -0.2) is 19.7 Å². The van der Waals surface area contributed by atoms with Crippen molar-refractivity contribution in [1.82, 2.24) is 0 Å². The summed E-state index contributed by atoms with van der Waals surface area (Å²) in [6, 6.07) is 13.8. The van der Waals surface area contributed by atoms with E-state index >= 15 is 0 Å². The largest absolute Gasteiger partial charge is 0.497 e. The quantitative estimate of drug-likeness (QED) is 0.600. The summed E-state index contributed by atoms with van der Waals surface area (Å²) in [5.74, 6) is 1.55. The maximum Gasteiger partial charge on any atom is 0.343 e. The molecule has 2 aromatic carbocycles. The summed E-state index contributed by atoms with van der Waals surface area (Å²) >= 11 is 0. The summed E-state index contributed by atoms with van der Waals surface area (Å²) in [5, 5.41) is 0. The Balaban J connectivity index is 1.98. The summed E-state index contributed by atoms with van der Waals surface area (Å²) < 4.78 is 15.8. The lowest BCUT2D eigenvalue weighted by Crippen LogP contribution is -2.08. The fourth-order valence-electron chi connectivity index (χ4n) is 1.72. The van der Waals surface area contributed by atoms with Crippen molar-refractivity contribution in [2.24, 2.45) is 0 Å². The molecule has 2 aromatic rings. The highest BCUT2D eigenvalue weighted by molar-refractivity contribution is 5.91. The van der Waals surface area contributed by atoms with E-state index in [2.05, 4.69) is 0 Å². The minimum absolute atomic E-state index is 0.403. The first kappa shape index (κ1) is 14.9. The number of ether oxygens (including phenoxy) is 3. The number of esters is 1. The molecule has 0 aliphatic heterocycles. The van der Waals surface area contributed by atoms with Crippen LogP contribution in [0.4, 0.5) is 0 Å². The smallest absolute Gasteiger partial charge is 0.343 e. The second kappa shape index (κ2) is 7.33. The first-order valence-corrected chi connectivity index (χ1v) is 6.82. The normalized spacial score (nSPS) is 10.0. The molecule has 110 valence electrons. The van der Waals surface area contributed by atoms with Crippen LogP contribution in [0.3, 0.4) is 0 Å². The molecule has 0 spiro atoms. The Morgan fingerprint density at radius 1 is 0.905 bits per heavy atom. The summed E-state index contributed by atoms with van der Waals surface area (Å²) in [5.41, 5.74) is 0.474. The standard InChI is InChI=1S/C17H18O4/c1-3-12-20-15-8-10-16(11-9-15)21-17(18)13-4-6-14(19-2)7-5-13/h4-11H,3,12H2,1-2H3. The van der Waals surface area contributed by atoms with Gasteiger partial charge in [0.25, 0.3) is 0 Å². The van der Waals surface area contributed by atoms with Crippen molar-refractivity contribution >= 4 is 5.97 Å². The first-order valence-electron chi connectivity index (χ1n) is 6.82. The second-order valence-corrected chi connectivity index (χ2v) is 4.44. The van der Waals surface area contributed by atoms with E-state index in [1.54, 1.807) is 55.6 Å². The molecular formula is C17H18O4. The topological polar surface area (TPSA) is 44.8 Å². The van der Waals surface area contributed by atoms with Crippen LogP contribution in [0.25, 0.3) is 0 Å². The van der Waals surface area contributed by atoms with Crippen molar-refractivity contribution in [2.75, 3.05) is 13.7 Å². The number of hydrogen-bond acceptors (Lipinski definition) is 4. The van der Waals surface area contributed by atoms with Crippen molar-refractivity contribution in [3.63, 3.8) is 0 Å². The lowest BCUT2D eigenvalue weighted by atomic mass is 10.2. The van der Waals surface area contributed by atoms with Gasteiger partial charge >= 0.3 is 5.97 Å². The molecule has 0 aliphatic rings. The van der Waals surface area contributed by atoms with E-state index in [-0.39, 0.29) is 0 Å². The molecule has 0 fully saturated rings. The van der Waals surface area contributed by atoms with Crippen molar-refractivity contribution in [3.8, 4) is 17.2 Å². The molecule has 0 bridgehead atoms. The van der Waals surface area contributed by atoms with E-state index in [4.69, 9.17) is 14.2 Å². The molecule has 0 N–H and O–H groups in total. The highest BCUT2D eigenvalue weighted by atomic mass is 16.5. The number of hydrogen-bond donors (Lipinski definition) is 0. The summed E-state index contributed by atoms with van der Waals surface area (Å²) in [6.07, 6.45) is 0.953. The van der Waals surface area contributed by atoms with Gasteiger partial charge in [-0.2, -0.15) is 0 Å². The monoisotopic (exact) mass is 286 g/mol. The van der Waals surface area contributed by atoms with Crippen molar-refractivity contribution in [1.29, 1.82) is 0 Å². The SMILES string of the molecule is CCCOc1ccc(OC(=O)c2ccc(OC)cc2)cc1. The second-order valence-electron chi connectivity index (χ2n) is 4.44. The van der Waals surface area contributed by atoms with E-state index in [0.29, 0.717) is 23.7 Å². The Bertz CT molecular complexity index is 573. The highest BCUT2D eigenvalue weighted by Crippen LogP contribution is 2.19. The van der Waals surface area contributed by atoms with Crippen molar-refractivity contribution in [2.45, 2.75) is 13.3 Å². The Kier molecular flexibility index (Phi) is 5.21. The molecule has 4 nitrogen and oxygen atoms in total. The Morgan fingerprint density at radius 3 is 2.05 bits per heavy atom. The van der Waals surface area contributed by atoms with Gasteiger partial charge in [-0.1, -0.05) is 6.92 Å². The molecule has 0 amide bonds. The van der Waals surface area contributed by atoms with Crippen LogP contribution in [0.5, 0.6) is 17.2 Å². The summed E-state index contributed by atoms with van der Waals surface area (Å²) in [4.78, 5) is 12.0. The average Bonchev–Trinajstić information content (AvgIpc) is 2.54. The minimum atomic E-state index is -0.403. The van der Waals surface area contributed by atoms with E-state index in [1.807, 2.05) is 6.92 Å². The zero-order chi connectivity index (χ0) is 15.1. The Labute approximate surface area is 124 Å². The maximum absolute atomic E-state index is 12.0. The highest BCUT2D eigenvalue weighted by Gasteiger charge is 2.08. The fraction of sp³-hybridized carbons (Fsp3) is 0.235. The van der Waals surface area contributed by atoms with Gasteiger partial charge in [-0.25, -0.2) is 4.79 Å². The van der Waals surface area contributed by atoms with E-state index in [9.17, 15) is 4.79 Å². The Hall–Kier alpha value is -2.49. The number of rotatable bonds is 6. The number of carbonyl (C=O) groups excluding carboxylic acids is 1. The third kappa shape index (κ3) is 4.24. The first-order chi connectivity index (χ1) is 10.2. The predicted molar refractivity (Wildman–Crippen MR) is 80.2 cm³/mol. The van der Waals surface area contributed by atoms with Crippen molar-refractivity contribution in [3.05, 3.63) is 54.1 Å². The molecule has 0 aromatic heterocycles. The van der Waals surface area contributed by atoms with Crippen molar-refractivity contribution < 1.29 is 19.0 Å². The van der Waals surface area contributed by atoms with Gasteiger partial charge in [0.15, 0.2) is 0 Å². The van der Waals surface area contributed by atoms with Gasteiger partial charge < -0.3 is 14.2 Å². The molecule has 0 unspecified atom stereocenters. The van der Waals surface area contributed by atoms with Crippen LogP contribution in [-0.2, 0) is 0 Å². The summed E-state index contributed by atoms with van der Waals surface area (Å²) in [6.45, 7) is 2.72. The van der Waals surface area contributed by atoms with Crippen LogP contribution in [0.15, 0.2) is 48.5 Å². The molecule has 0 heterocycles. The lowest BCUT2D eigenvalue weighted by Gasteiger charge is -2.07. The molecule has 0 aliphatic carbocycles. The van der Waals surface area contributed by atoms with Crippen LogP contribution < -0.4 is 14.2 Å². The van der Waals surface area contributed by atoms with Gasteiger partial charge in [0, 0.05) is 0 Å². The van der Waals surface area contributed by atoms with Gasteiger partial charge in [0.05, 0.1) is 19.3 Å². The van der Waals surface area contributed by atoms with Gasteiger partial charge in [0.2, 0.25) is 0 Å². The maximum atomic E-state index is 12.0. The lowest BCUT2D eigenvalue weighted by molar-refractivity contribution is 0.0734. The van der Waals surface area contributed by atoms with Crippen LogP contribution in [0, 0.1) is 0 Å². The minimum Gasteiger partial charge on any atom is -0.497 e. The number of methoxy groups -OCH3 is 1. The zero-order valence-corrected chi connectivity index (χ0v) is 12.2. The Morgan fingerprint density at radius 2 is 1.48 bits per heavy atom. The molecule has 0 atom stereocenters. The third-order valence-corrected chi connectivity index (χ3v) is 2.83. The molecule has 0 radical (unpaired) electrons. The van der Waals surface area contributed by atoms with Gasteiger partial charge in [-0.05, 0) is 55.0 Å². The van der Waals surface area contributed by atoms with Crippen LogP contribution in [0.2, 0.25) is 0 Å². The van der Waals surface area contributed by atoms with E-state index in [1.165, 1.54) is 0 Å². The number of carbonyl (C=O) groups is 1. The molecule has 21 heavy (non-hydrogen) atoms. The van der Waals surface area contributed by atoms with Crippen LogP contribution in [0.1, 0.15) is 23.7 Å². The molecule has 0 saturated carbocycles. The summed E-state index contributed by atoms with van der Waals surface area (Å²) in [7, 11) is 1.58. The van der Waals surface area contributed by atoms with Crippen LogP contribution >= 0.6 is 0 Å². The van der Waals surface area contributed by atoms with E-state index < -0.39 is 5.97 Å². The molecule has 0 saturated heterocycles. The zero-order valence-electron chi connectivity index (χ0n) is 12.2. The van der Waals surface area contributed by atoms with Gasteiger partial charge in [-0.15, -0.1) is 0 Å². The number of benzene rings is 2. The molecule has 2 rings (SSSR count). The van der Waals surface area contributed by atoms with Gasteiger partial charge in [-0.3, -0.25) is 0 Å². The average molecular weight is 286 g/mol.